The molecular weight excluding hydrogens is 356 g/mol. The van der Waals surface area contributed by atoms with E-state index in [2.05, 4.69) is 10.3 Å². The summed E-state index contributed by atoms with van der Waals surface area (Å²) in [5, 5.41) is 13.6. The van der Waals surface area contributed by atoms with Crippen LogP contribution in [0.4, 0.5) is 5.69 Å². The van der Waals surface area contributed by atoms with E-state index in [-0.39, 0.29) is 6.42 Å². The molecule has 6 nitrogen and oxygen atoms in total. The maximum Gasteiger partial charge on any atom is 0.355 e. The molecule has 2 aromatic carbocycles. The zero-order valence-corrected chi connectivity index (χ0v) is 16.2. The topological polar surface area (TPSA) is 91.4 Å². The first-order valence-corrected chi connectivity index (χ1v) is 9.10. The van der Waals surface area contributed by atoms with Gasteiger partial charge in [0.25, 0.3) is 5.91 Å². The van der Waals surface area contributed by atoms with Crippen LogP contribution >= 0.6 is 0 Å². The number of hydrogen-bond acceptors (Lipinski definition) is 4. The number of fused-ring (bicyclic) bond motifs is 1. The molecule has 3 N–H and O–H groups in total. The summed E-state index contributed by atoms with van der Waals surface area (Å²) >= 11 is 0. The Hall–Kier alpha value is -3.12. The first-order chi connectivity index (χ1) is 13.2. The maximum atomic E-state index is 12.3. The summed E-state index contributed by atoms with van der Waals surface area (Å²) in [6.45, 7) is 5.42. The minimum Gasteiger partial charge on any atom is -0.455 e. The first-order valence-electron chi connectivity index (χ1n) is 9.10. The Morgan fingerprint density at radius 3 is 2.50 bits per heavy atom. The molecule has 0 bridgehead atoms. The van der Waals surface area contributed by atoms with Crippen LogP contribution in [0.15, 0.2) is 54.6 Å². The normalized spacial score (nSPS) is 12.6. The Bertz CT molecular complexity index is 987. The Kier molecular flexibility index (Phi) is 5.51. The highest BCUT2D eigenvalue weighted by Gasteiger charge is 2.20. The standard InChI is InChI=1S/C22H24N2O4/c1-22(2,3)28-21(27)18-13-15-12-16(9-10-17(15)24-18)23-20(26)19(25)11-14-7-5-4-6-8-14/h4-10,12-13,19,24-25H,11H2,1-3H3,(H,23,26). The van der Waals surface area contributed by atoms with Gasteiger partial charge in [-0.1, -0.05) is 30.3 Å². The van der Waals surface area contributed by atoms with Crippen LogP contribution in [0.3, 0.4) is 0 Å². The van der Waals surface area contributed by atoms with Crippen molar-refractivity contribution in [1.29, 1.82) is 0 Å². The van der Waals surface area contributed by atoms with Crippen molar-refractivity contribution in [2.75, 3.05) is 5.32 Å². The molecule has 146 valence electrons. The van der Waals surface area contributed by atoms with Crippen LogP contribution in [0, 0.1) is 0 Å². The second-order valence-electron chi connectivity index (χ2n) is 7.68. The molecule has 1 amide bonds. The summed E-state index contributed by atoms with van der Waals surface area (Å²) in [4.78, 5) is 27.5. The van der Waals surface area contributed by atoms with Crippen molar-refractivity contribution in [3.63, 3.8) is 0 Å². The molecule has 0 fully saturated rings. The van der Waals surface area contributed by atoms with Crippen molar-refractivity contribution in [3.05, 3.63) is 65.9 Å². The first kappa shape index (κ1) is 19.6. The third-order valence-electron chi connectivity index (χ3n) is 4.08. The van der Waals surface area contributed by atoms with Gasteiger partial charge in [-0.05, 0) is 50.6 Å². The second kappa shape index (κ2) is 7.86. The lowest BCUT2D eigenvalue weighted by molar-refractivity contribution is -0.123. The number of carbonyl (C=O) groups excluding carboxylic acids is 2. The van der Waals surface area contributed by atoms with E-state index in [0.29, 0.717) is 11.4 Å². The molecule has 28 heavy (non-hydrogen) atoms. The van der Waals surface area contributed by atoms with Crippen molar-refractivity contribution >= 4 is 28.5 Å². The van der Waals surface area contributed by atoms with Gasteiger partial charge in [-0.2, -0.15) is 0 Å². The Morgan fingerprint density at radius 1 is 1.11 bits per heavy atom. The number of benzene rings is 2. The van der Waals surface area contributed by atoms with E-state index in [4.69, 9.17) is 4.74 Å². The van der Waals surface area contributed by atoms with Crippen molar-refractivity contribution in [3.8, 4) is 0 Å². The Balaban J connectivity index is 1.70. The summed E-state index contributed by atoms with van der Waals surface area (Å²) in [6.07, 6.45) is -0.913. The van der Waals surface area contributed by atoms with Crippen molar-refractivity contribution < 1.29 is 19.4 Å². The van der Waals surface area contributed by atoms with Crippen LogP contribution in [0.5, 0.6) is 0 Å². The largest absolute Gasteiger partial charge is 0.455 e. The summed E-state index contributed by atoms with van der Waals surface area (Å²) < 4.78 is 5.36. The van der Waals surface area contributed by atoms with Gasteiger partial charge >= 0.3 is 5.97 Å². The summed E-state index contributed by atoms with van der Waals surface area (Å²) in [5.74, 6) is -0.918. The number of ether oxygens (including phenoxy) is 1. The molecule has 1 unspecified atom stereocenters. The van der Waals surface area contributed by atoms with Crippen molar-refractivity contribution in [1.82, 2.24) is 4.98 Å². The zero-order chi connectivity index (χ0) is 20.3. The van der Waals surface area contributed by atoms with Gasteiger partial charge in [0, 0.05) is 23.0 Å². The lowest BCUT2D eigenvalue weighted by Crippen LogP contribution is -2.29. The molecule has 3 aromatic rings. The smallest absolute Gasteiger partial charge is 0.355 e. The number of amides is 1. The quantitative estimate of drug-likeness (QED) is 0.589. The fourth-order valence-electron chi connectivity index (χ4n) is 2.81. The molecule has 0 saturated carbocycles. The molecule has 0 aliphatic rings. The molecule has 6 heteroatoms. The predicted molar refractivity (Wildman–Crippen MR) is 108 cm³/mol. The van der Waals surface area contributed by atoms with Gasteiger partial charge in [0.15, 0.2) is 0 Å². The van der Waals surface area contributed by atoms with Gasteiger partial charge in [-0.25, -0.2) is 4.79 Å². The minimum atomic E-state index is -1.15. The number of esters is 1. The number of aromatic amines is 1. The lowest BCUT2D eigenvalue weighted by Gasteiger charge is -2.18. The van der Waals surface area contributed by atoms with Gasteiger partial charge in [-0.3, -0.25) is 4.79 Å². The number of aromatic nitrogens is 1. The van der Waals surface area contributed by atoms with E-state index in [9.17, 15) is 14.7 Å². The Labute approximate surface area is 163 Å². The number of aliphatic hydroxyl groups is 1. The van der Waals surface area contributed by atoms with Gasteiger partial charge in [0.1, 0.15) is 17.4 Å². The third kappa shape index (κ3) is 4.98. The molecule has 0 aliphatic carbocycles. The molecule has 0 saturated heterocycles. The number of rotatable bonds is 5. The van der Waals surface area contributed by atoms with Gasteiger partial charge in [0.2, 0.25) is 0 Å². The minimum absolute atomic E-state index is 0.238. The highest BCUT2D eigenvalue weighted by molar-refractivity contribution is 5.99. The van der Waals surface area contributed by atoms with Crippen LogP contribution in [0.2, 0.25) is 0 Å². The average Bonchev–Trinajstić information content (AvgIpc) is 3.04. The van der Waals surface area contributed by atoms with E-state index < -0.39 is 23.6 Å². The van der Waals surface area contributed by atoms with E-state index in [0.717, 1.165) is 16.5 Å². The number of carbonyl (C=O) groups is 2. The van der Waals surface area contributed by atoms with E-state index in [1.807, 2.05) is 51.1 Å². The SMILES string of the molecule is CC(C)(C)OC(=O)c1cc2cc(NC(=O)C(O)Cc3ccccc3)ccc2[nH]1. The number of nitrogens with one attached hydrogen (secondary N) is 2. The Morgan fingerprint density at radius 2 is 1.82 bits per heavy atom. The zero-order valence-electron chi connectivity index (χ0n) is 16.2. The van der Waals surface area contributed by atoms with Crippen LogP contribution in [0.1, 0.15) is 36.8 Å². The molecule has 1 atom stereocenters. The molecular formula is C22H24N2O4. The van der Waals surface area contributed by atoms with Crippen LogP contribution in [0.25, 0.3) is 10.9 Å². The molecule has 3 rings (SSSR count). The van der Waals surface area contributed by atoms with Crippen LogP contribution in [-0.4, -0.2) is 33.7 Å². The van der Waals surface area contributed by atoms with Gasteiger partial charge in [-0.15, -0.1) is 0 Å². The van der Waals surface area contributed by atoms with Gasteiger partial charge < -0.3 is 20.1 Å². The highest BCUT2D eigenvalue weighted by Crippen LogP contribution is 2.22. The third-order valence-corrected chi connectivity index (χ3v) is 4.08. The number of aliphatic hydroxyl groups excluding tert-OH is 1. The summed E-state index contributed by atoms with van der Waals surface area (Å²) in [5.41, 5.74) is 1.94. The number of hydrogen-bond donors (Lipinski definition) is 3. The van der Waals surface area contributed by atoms with Crippen LogP contribution < -0.4 is 5.32 Å². The second-order valence-corrected chi connectivity index (χ2v) is 7.68. The van der Waals surface area contributed by atoms with Gasteiger partial charge in [0.05, 0.1) is 0 Å². The summed E-state index contributed by atoms with van der Waals surface area (Å²) in [7, 11) is 0. The number of anilines is 1. The molecule has 0 radical (unpaired) electrons. The summed E-state index contributed by atoms with van der Waals surface area (Å²) in [6, 6.07) is 16.2. The highest BCUT2D eigenvalue weighted by atomic mass is 16.6. The monoisotopic (exact) mass is 380 g/mol. The molecule has 1 aromatic heterocycles. The molecule has 1 heterocycles. The maximum absolute atomic E-state index is 12.3. The average molecular weight is 380 g/mol. The van der Waals surface area contributed by atoms with E-state index in [1.54, 1.807) is 24.3 Å². The fraction of sp³-hybridized carbons (Fsp3) is 0.273. The lowest BCUT2D eigenvalue weighted by atomic mass is 10.1. The molecule has 0 aliphatic heterocycles. The predicted octanol–water partition coefficient (Wildman–Crippen LogP) is 3.67. The van der Waals surface area contributed by atoms with Crippen LogP contribution in [-0.2, 0) is 16.0 Å². The molecule has 0 spiro atoms. The van der Waals surface area contributed by atoms with E-state index in [1.165, 1.54) is 0 Å². The van der Waals surface area contributed by atoms with Crippen molar-refractivity contribution in [2.24, 2.45) is 0 Å². The van der Waals surface area contributed by atoms with Crippen molar-refractivity contribution in [2.45, 2.75) is 38.9 Å². The van der Waals surface area contributed by atoms with E-state index >= 15 is 0 Å². The number of H-pyrrole nitrogens is 1. The fourth-order valence-corrected chi connectivity index (χ4v) is 2.81.